The third-order valence-corrected chi connectivity index (χ3v) is 3.82. The second kappa shape index (κ2) is 6.75. The van der Waals surface area contributed by atoms with E-state index >= 15 is 0 Å². The number of rotatable bonds is 4. The van der Waals surface area contributed by atoms with Crippen LogP contribution in [0.4, 0.5) is 11.4 Å². The molecule has 4 heteroatoms. The average Bonchev–Trinajstić information content (AvgIpc) is 2.43. The Hall–Kier alpha value is -1.55. The number of hydrogen-bond acceptors (Lipinski definition) is 3. The fourth-order valence-electron chi connectivity index (χ4n) is 2.44. The molecule has 1 fully saturated rings. The number of anilines is 2. The molecule has 0 spiro atoms. The summed E-state index contributed by atoms with van der Waals surface area (Å²) in [5.74, 6) is 0.0474. The molecule has 0 unspecified atom stereocenters. The molecule has 0 saturated heterocycles. The first-order chi connectivity index (χ1) is 9.54. The van der Waals surface area contributed by atoms with E-state index < -0.39 is 0 Å². The summed E-state index contributed by atoms with van der Waals surface area (Å²) in [4.78, 5) is 11.6. The van der Waals surface area contributed by atoms with Gasteiger partial charge < -0.3 is 16.4 Å². The lowest BCUT2D eigenvalue weighted by atomic mass is 9.92. The van der Waals surface area contributed by atoms with Gasteiger partial charge in [0.25, 0.3) is 0 Å². The minimum atomic E-state index is -0.000695. The highest BCUT2D eigenvalue weighted by Gasteiger charge is 2.18. The van der Waals surface area contributed by atoms with E-state index in [0.717, 1.165) is 37.1 Å². The summed E-state index contributed by atoms with van der Waals surface area (Å²) in [6, 6.07) is 8.82. The molecule has 1 aromatic rings. The second-order valence-corrected chi connectivity index (χ2v) is 5.98. The van der Waals surface area contributed by atoms with Crippen LogP contribution in [-0.4, -0.2) is 18.0 Å². The maximum Gasteiger partial charge on any atom is 0.226 e. The van der Waals surface area contributed by atoms with Gasteiger partial charge in [-0.05, 0) is 49.9 Å². The van der Waals surface area contributed by atoms with Crippen LogP contribution in [0.3, 0.4) is 0 Å². The van der Waals surface area contributed by atoms with Crippen molar-refractivity contribution in [2.45, 2.75) is 51.6 Å². The Balaban J connectivity index is 1.87. The Kier molecular flexibility index (Phi) is 5.01. The molecule has 0 aliphatic heterocycles. The van der Waals surface area contributed by atoms with Gasteiger partial charge in [-0.25, -0.2) is 0 Å². The second-order valence-electron chi connectivity index (χ2n) is 5.98. The normalized spacial score (nSPS) is 22.6. The van der Waals surface area contributed by atoms with Crippen molar-refractivity contribution in [2.24, 2.45) is 11.7 Å². The molecule has 0 aromatic heterocycles. The van der Waals surface area contributed by atoms with Gasteiger partial charge in [-0.1, -0.05) is 13.8 Å². The zero-order chi connectivity index (χ0) is 14.5. The third kappa shape index (κ3) is 4.23. The molecule has 1 saturated carbocycles. The lowest BCUT2D eigenvalue weighted by Crippen LogP contribution is -2.32. The van der Waals surface area contributed by atoms with Gasteiger partial charge in [0.1, 0.15) is 0 Å². The van der Waals surface area contributed by atoms with E-state index in [2.05, 4.69) is 10.6 Å². The number of hydrogen-bond donors (Lipinski definition) is 3. The van der Waals surface area contributed by atoms with Crippen LogP contribution < -0.4 is 16.4 Å². The molecule has 20 heavy (non-hydrogen) atoms. The molecule has 1 aliphatic rings. The van der Waals surface area contributed by atoms with Crippen molar-refractivity contribution in [2.75, 3.05) is 10.6 Å². The van der Waals surface area contributed by atoms with Crippen LogP contribution in [0.1, 0.15) is 39.5 Å². The maximum atomic E-state index is 11.6. The summed E-state index contributed by atoms with van der Waals surface area (Å²) in [6.45, 7) is 3.78. The summed E-state index contributed by atoms with van der Waals surface area (Å²) in [5, 5.41) is 6.43. The first-order valence-electron chi connectivity index (χ1n) is 7.47. The van der Waals surface area contributed by atoms with Gasteiger partial charge in [-0.2, -0.15) is 0 Å². The number of amides is 1. The quantitative estimate of drug-likeness (QED) is 0.791. The van der Waals surface area contributed by atoms with Crippen LogP contribution in [0.15, 0.2) is 24.3 Å². The molecule has 2 rings (SSSR count). The highest BCUT2D eigenvalue weighted by atomic mass is 16.1. The van der Waals surface area contributed by atoms with Crippen LogP contribution in [0, 0.1) is 5.92 Å². The molecular weight excluding hydrogens is 250 g/mol. The number of nitrogens with two attached hydrogens (primary N) is 1. The molecule has 0 bridgehead atoms. The first kappa shape index (κ1) is 14.9. The molecule has 4 nitrogen and oxygen atoms in total. The van der Waals surface area contributed by atoms with Crippen LogP contribution in [0.25, 0.3) is 0 Å². The molecule has 4 N–H and O–H groups in total. The van der Waals surface area contributed by atoms with Gasteiger partial charge in [-0.3, -0.25) is 4.79 Å². The summed E-state index contributed by atoms with van der Waals surface area (Å²) in [5.41, 5.74) is 7.86. The fourth-order valence-corrected chi connectivity index (χ4v) is 2.44. The van der Waals surface area contributed by atoms with E-state index in [9.17, 15) is 4.79 Å². The smallest absolute Gasteiger partial charge is 0.226 e. The molecule has 1 amide bonds. The van der Waals surface area contributed by atoms with Gasteiger partial charge in [0.2, 0.25) is 5.91 Å². The molecular formula is C16H25N3O. The summed E-state index contributed by atoms with van der Waals surface area (Å²) < 4.78 is 0. The van der Waals surface area contributed by atoms with E-state index in [-0.39, 0.29) is 11.8 Å². The zero-order valence-corrected chi connectivity index (χ0v) is 12.4. The fraction of sp³-hybridized carbons (Fsp3) is 0.562. The average molecular weight is 275 g/mol. The number of nitrogens with one attached hydrogen (secondary N) is 2. The van der Waals surface area contributed by atoms with Crippen molar-refractivity contribution in [3.8, 4) is 0 Å². The first-order valence-corrected chi connectivity index (χ1v) is 7.47. The predicted molar refractivity (Wildman–Crippen MR) is 83.8 cm³/mol. The van der Waals surface area contributed by atoms with Gasteiger partial charge in [-0.15, -0.1) is 0 Å². The largest absolute Gasteiger partial charge is 0.382 e. The molecule has 0 atom stereocenters. The van der Waals surface area contributed by atoms with Crippen LogP contribution >= 0.6 is 0 Å². The molecule has 110 valence electrons. The van der Waals surface area contributed by atoms with Gasteiger partial charge >= 0.3 is 0 Å². The Bertz CT molecular complexity index is 434. The van der Waals surface area contributed by atoms with Gasteiger partial charge in [0.15, 0.2) is 0 Å². The van der Waals surface area contributed by atoms with Crippen molar-refractivity contribution in [3.05, 3.63) is 24.3 Å². The van der Waals surface area contributed by atoms with Crippen molar-refractivity contribution >= 4 is 17.3 Å². The van der Waals surface area contributed by atoms with Crippen LogP contribution in [0.2, 0.25) is 0 Å². The molecule has 0 radical (unpaired) electrons. The van der Waals surface area contributed by atoms with Gasteiger partial charge in [0, 0.05) is 29.4 Å². The zero-order valence-electron chi connectivity index (χ0n) is 12.4. The van der Waals surface area contributed by atoms with Crippen LogP contribution in [-0.2, 0) is 4.79 Å². The Labute approximate surface area is 121 Å². The third-order valence-electron chi connectivity index (χ3n) is 3.82. The highest BCUT2D eigenvalue weighted by Crippen LogP contribution is 2.22. The lowest BCUT2D eigenvalue weighted by molar-refractivity contribution is -0.118. The molecule has 0 heterocycles. The highest BCUT2D eigenvalue weighted by molar-refractivity contribution is 5.92. The van der Waals surface area contributed by atoms with E-state index in [1.54, 1.807) is 0 Å². The maximum absolute atomic E-state index is 11.6. The lowest BCUT2D eigenvalue weighted by Gasteiger charge is -2.27. The van der Waals surface area contributed by atoms with E-state index in [0.29, 0.717) is 12.1 Å². The van der Waals surface area contributed by atoms with Crippen molar-refractivity contribution in [1.82, 2.24) is 0 Å². The van der Waals surface area contributed by atoms with Crippen LogP contribution in [0.5, 0.6) is 0 Å². The predicted octanol–water partition coefficient (Wildman–Crippen LogP) is 2.96. The molecule has 1 aliphatic carbocycles. The Morgan fingerprint density at radius 2 is 1.65 bits per heavy atom. The van der Waals surface area contributed by atoms with Gasteiger partial charge in [0.05, 0.1) is 0 Å². The Morgan fingerprint density at radius 1 is 1.10 bits per heavy atom. The minimum absolute atomic E-state index is 0.000695. The number of carbonyl (C=O) groups is 1. The minimum Gasteiger partial charge on any atom is -0.382 e. The topological polar surface area (TPSA) is 67.2 Å². The summed E-state index contributed by atoms with van der Waals surface area (Å²) in [7, 11) is 0. The summed E-state index contributed by atoms with van der Waals surface area (Å²) >= 11 is 0. The van der Waals surface area contributed by atoms with E-state index in [4.69, 9.17) is 5.73 Å². The Morgan fingerprint density at radius 3 is 2.20 bits per heavy atom. The summed E-state index contributed by atoms with van der Waals surface area (Å²) in [6.07, 6.45) is 4.46. The van der Waals surface area contributed by atoms with E-state index in [1.165, 1.54) is 0 Å². The SMILES string of the molecule is CC(C)C(=O)Nc1ccc(NC2CCC(N)CC2)cc1. The number of benzene rings is 1. The van der Waals surface area contributed by atoms with Crippen molar-refractivity contribution in [3.63, 3.8) is 0 Å². The molecule has 1 aromatic carbocycles. The standard InChI is InChI=1S/C16H25N3O/c1-11(2)16(20)19-15-9-7-14(8-10-15)18-13-5-3-12(17)4-6-13/h7-13,18H,3-6,17H2,1-2H3,(H,19,20). The van der Waals surface area contributed by atoms with E-state index in [1.807, 2.05) is 38.1 Å². The monoisotopic (exact) mass is 275 g/mol. The number of carbonyl (C=O) groups excluding carboxylic acids is 1. The van der Waals surface area contributed by atoms with Crippen molar-refractivity contribution < 1.29 is 4.79 Å². The van der Waals surface area contributed by atoms with Crippen molar-refractivity contribution in [1.29, 1.82) is 0 Å².